The minimum Gasteiger partial charge on any atom is -0.379 e. The van der Waals surface area contributed by atoms with Gasteiger partial charge in [-0.15, -0.1) is 0 Å². The van der Waals surface area contributed by atoms with Gasteiger partial charge in [-0.2, -0.15) is 0 Å². The van der Waals surface area contributed by atoms with Gasteiger partial charge in [0.1, 0.15) is 0 Å². The van der Waals surface area contributed by atoms with Crippen molar-refractivity contribution in [3.8, 4) is 5.69 Å². The molecule has 172 valence electrons. The van der Waals surface area contributed by atoms with E-state index in [1.807, 2.05) is 48.8 Å². The molecule has 4 heterocycles. The molecule has 0 amide bonds. The third-order valence-corrected chi connectivity index (χ3v) is 7.10. The molecule has 2 aromatic heterocycles. The highest BCUT2D eigenvalue weighted by molar-refractivity contribution is 7.80. The van der Waals surface area contributed by atoms with E-state index in [1.165, 1.54) is 0 Å². The summed E-state index contributed by atoms with van der Waals surface area (Å²) in [6.45, 7) is 5.16. The molecule has 1 aromatic carbocycles. The van der Waals surface area contributed by atoms with E-state index in [1.54, 1.807) is 6.07 Å². The number of nitrogens with one attached hydrogen (secondary N) is 1. The number of hydrogen-bond donors (Lipinski definition) is 1. The smallest absolute Gasteiger partial charge is 0.170 e. The van der Waals surface area contributed by atoms with Crippen LogP contribution in [0.4, 0.5) is 0 Å². The van der Waals surface area contributed by atoms with Gasteiger partial charge in [-0.05, 0) is 54.7 Å². The van der Waals surface area contributed by atoms with Crippen molar-refractivity contribution in [2.24, 2.45) is 0 Å². The van der Waals surface area contributed by atoms with Gasteiger partial charge < -0.3 is 19.5 Å². The summed E-state index contributed by atoms with van der Waals surface area (Å²) in [5.41, 5.74) is 2.92. The Morgan fingerprint density at radius 3 is 2.67 bits per heavy atom. The lowest BCUT2D eigenvalue weighted by atomic mass is 10.0. The average molecular weight is 502 g/mol. The van der Waals surface area contributed by atoms with Gasteiger partial charge in [0.25, 0.3) is 0 Å². The fourth-order valence-electron chi connectivity index (χ4n) is 4.57. The number of thiocarbonyl (C=S) groups is 1. The van der Waals surface area contributed by atoms with Crippen molar-refractivity contribution in [2.75, 3.05) is 39.4 Å². The van der Waals surface area contributed by atoms with Gasteiger partial charge in [0.2, 0.25) is 0 Å². The quantitative estimate of drug-likeness (QED) is 0.502. The molecule has 2 unspecified atom stereocenters. The molecule has 5 rings (SSSR count). The van der Waals surface area contributed by atoms with Crippen molar-refractivity contribution in [2.45, 2.75) is 12.1 Å². The maximum absolute atomic E-state index is 6.59. The molecule has 2 fully saturated rings. The topological polar surface area (TPSA) is 45.6 Å². The van der Waals surface area contributed by atoms with E-state index >= 15 is 0 Å². The molecule has 0 radical (unpaired) electrons. The van der Waals surface area contributed by atoms with Crippen LogP contribution in [0.1, 0.15) is 23.5 Å². The molecule has 1 N–H and O–H groups in total. The first-order chi connectivity index (χ1) is 16.1. The van der Waals surface area contributed by atoms with Crippen LogP contribution in [0.5, 0.6) is 0 Å². The summed E-state index contributed by atoms with van der Waals surface area (Å²) in [4.78, 5) is 9.34. The van der Waals surface area contributed by atoms with Gasteiger partial charge in [0, 0.05) is 49.3 Å². The minimum absolute atomic E-state index is 0.0461. The summed E-state index contributed by atoms with van der Waals surface area (Å²) in [5.74, 6) is 0. The molecule has 2 aliphatic heterocycles. The Hall–Kier alpha value is -2.16. The zero-order chi connectivity index (χ0) is 22.8. The lowest BCUT2D eigenvalue weighted by Gasteiger charge is -2.32. The van der Waals surface area contributed by atoms with Crippen molar-refractivity contribution in [1.29, 1.82) is 0 Å². The number of benzene rings is 1. The van der Waals surface area contributed by atoms with Crippen LogP contribution in [0.15, 0.2) is 60.9 Å². The predicted octanol–water partition coefficient (Wildman–Crippen LogP) is 4.48. The largest absolute Gasteiger partial charge is 0.379 e. The van der Waals surface area contributed by atoms with Gasteiger partial charge in [0.05, 0.1) is 41.7 Å². The summed E-state index contributed by atoms with van der Waals surface area (Å²) in [6.07, 6.45) is 3.85. The van der Waals surface area contributed by atoms with Crippen LogP contribution in [0, 0.1) is 0 Å². The number of halogens is 2. The average Bonchev–Trinajstić information content (AvgIpc) is 3.43. The van der Waals surface area contributed by atoms with Crippen molar-refractivity contribution in [3.63, 3.8) is 0 Å². The summed E-state index contributed by atoms with van der Waals surface area (Å²) >= 11 is 18.6. The molecule has 3 aromatic rings. The van der Waals surface area contributed by atoms with Gasteiger partial charge >= 0.3 is 0 Å². The van der Waals surface area contributed by atoms with E-state index in [4.69, 9.17) is 40.2 Å². The van der Waals surface area contributed by atoms with Gasteiger partial charge in [-0.25, -0.2) is 0 Å². The molecular formula is C24H25Cl2N5OS. The van der Waals surface area contributed by atoms with E-state index in [-0.39, 0.29) is 12.1 Å². The molecule has 0 aliphatic carbocycles. The Morgan fingerprint density at radius 1 is 1.06 bits per heavy atom. The van der Waals surface area contributed by atoms with Crippen LogP contribution < -0.4 is 5.32 Å². The number of nitrogens with zero attached hydrogens (tertiary/aromatic N) is 4. The SMILES string of the molecule is S=C1NC(c2ccccn2)C(c2cccn2-c2ccc(Cl)cc2Cl)N1CCN1CCOCC1. The molecule has 2 atom stereocenters. The van der Waals surface area contributed by atoms with Crippen LogP contribution in [-0.4, -0.2) is 63.9 Å². The van der Waals surface area contributed by atoms with Crippen LogP contribution in [0.3, 0.4) is 0 Å². The number of rotatable bonds is 6. The highest BCUT2D eigenvalue weighted by atomic mass is 35.5. The molecule has 0 spiro atoms. The Labute approximate surface area is 209 Å². The fourth-order valence-corrected chi connectivity index (χ4v) is 5.40. The third kappa shape index (κ3) is 4.74. The normalized spacial score (nSPS) is 21.4. The van der Waals surface area contributed by atoms with E-state index in [9.17, 15) is 0 Å². The molecule has 6 nitrogen and oxygen atoms in total. The van der Waals surface area contributed by atoms with Gasteiger partial charge in [0.15, 0.2) is 5.11 Å². The number of ether oxygens (including phenoxy) is 1. The minimum atomic E-state index is -0.0804. The van der Waals surface area contributed by atoms with Gasteiger partial charge in [-0.1, -0.05) is 29.3 Å². The highest BCUT2D eigenvalue weighted by Gasteiger charge is 2.41. The van der Waals surface area contributed by atoms with Gasteiger partial charge in [-0.3, -0.25) is 9.88 Å². The molecule has 0 bridgehead atoms. The van der Waals surface area contributed by atoms with Crippen molar-refractivity contribution in [1.82, 2.24) is 24.7 Å². The Kier molecular flexibility index (Phi) is 6.85. The second-order valence-electron chi connectivity index (χ2n) is 8.17. The van der Waals surface area contributed by atoms with E-state index in [0.29, 0.717) is 10.0 Å². The second kappa shape index (κ2) is 9.99. The van der Waals surface area contributed by atoms with Crippen molar-refractivity contribution >= 4 is 40.5 Å². The first-order valence-corrected chi connectivity index (χ1v) is 12.2. The molecule has 2 saturated heterocycles. The molecule has 9 heteroatoms. The molecule has 33 heavy (non-hydrogen) atoms. The Bertz CT molecular complexity index is 1120. The van der Waals surface area contributed by atoms with E-state index in [0.717, 1.165) is 61.6 Å². The Balaban J connectivity index is 1.51. The third-order valence-electron chi connectivity index (χ3n) is 6.21. The zero-order valence-electron chi connectivity index (χ0n) is 18.0. The summed E-state index contributed by atoms with van der Waals surface area (Å²) in [6, 6.07) is 15.6. The lowest BCUT2D eigenvalue weighted by molar-refractivity contribution is 0.0349. The first-order valence-electron chi connectivity index (χ1n) is 11.0. The Morgan fingerprint density at radius 2 is 1.91 bits per heavy atom. The highest BCUT2D eigenvalue weighted by Crippen LogP contribution is 2.40. The number of aromatic nitrogens is 2. The number of hydrogen-bond acceptors (Lipinski definition) is 4. The second-order valence-corrected chi connectivity index (χ2v) is 9.40. The van der Waals surface area contributed by atoms with Crippen LogP contribution in [0.25, 0.3) is 5.69 Å². The van der Waals surface area contributed by atoms with E-state index in [2.05, 4.69) is 30.7 Å². The lowest BCUT2D eigenvalue weighted by Crippen LogP contribution is -2.42. The monoisotopic (exact) mass is 501 g/mol. The summed E-state index contributed by atoms with van der Waals surface area (Å²) in [7, 11) is 0. The standard InChI is InChI=1S/C24H25Cl2N5OS/c25-17-6-7-20(18(26)16-17)30-9-3-5-21(30)23-22(19-4-1-2-8-27-19)28-24(33)31(23)11-10-29-12-14-32-15-13-29/h1-9,16,22-23H,10-15H2,(H,28,33). The maximum Gasteiger partial charge on any atom is 0.170 e. The predicted molar refractivity (Wildman–Crippen MR) is 135 cm³/mol. The molecule has 2 aliphatic rings. The summed E-state index contributed by atoms with van der Waals surface area (Å²) < 4.78 is 7.63. The number of pyridine rings is 1. The molecular weight excluding hydrogens is 477 g/mol. The van der Waals surface area contributed by atoms with Crippen LogP contribution in [-0.2, 0) is 4.74 Å². The van der Waals surface area contributed by atoms with Crippen molar-refractivity contribution < 1.29 is 4.74 Å². The van der Waals surface area contributed by atoms with E-state index < -0.39 is 0 Å². The fraction of sp³-hybridized carbons (Fsp3) is 0.333. The maximum atomic E-state index is 6.59. The number of morpholine rings is 1. The molecule has 0 saturated carbocycles. The van der Waals surface area contributed by atoms with Crippen LogP contribution in [0.2, 0.25) is 10.0 Å². The summed E-state index contributed by atoms with van der Waals surface area (Å²) in [5, 5.41) is 5.48. The van der Waals surface area contributed by atoms with Crippen LogP contribution >= 0.6 is 35.4 Å². The first kappa shape index (κ1) is 22.6. The van der Waals surface area contributed by atoms with Crippen molar-refractivity contribution in [3.05, 3.63) is 82.4 Å². The zero-order valence-corrected chi connectivity index (χ0v) is 20.4.